The van der Waals surface area contributed by atoms with Crippen LogP contribution in [0.2, 0.25) is 0 Å². The van der Waals surface area contributed by atoms with E-state index < -0.39 is 63.4 Å². The van der Waals surface area contributed by atoms with Crippen LogP contribution < -0.4 is 4.74 Å². The van der Waals surface area contributed by atoms with Crippen LogP contribution in [0.25, 0.3) is 6.08 Å². The number of rotatable bonds is 1. The van der Waals surface area contributed by atoms with E-state index in [1.54, 1.807) is 0 Å². The van der Waals surface area contributed by atoms with Gasteiger partial charge in [-0.15, -0.1) is 0 Å². The zero-order chi connectivity index (χ0) is 17.8. The maximum atomic E-state index is 13.6. The molecule has 24 heavy (non-hydrogen) atoms. The molecule has 124 valence electrons. The van der Waals surface area contributed by atoms with Crippen molar-refractivity contribution in [2.75, 3.05) is 0 Å². The molecule has 0 radical (unpaired) electrons. The quantitative estimate of drug-likeness (QED) is 0.274. The average molecular weight is 344 g/mol. The molecule has 0 aliphatic carbocycles. The number of Topliss-reactive ketones (excluding diaryl/α,β-unsaturated/α-hetero) is 1. The predicted molar refractivity (Wildman–Crippen MR) is 68.9 cm³/mol. The van der Waals surface area contributed by atoms with E-state index in [9.17, 15) is 37.0 Å². The van der Waals surface area contributed by atoms with E-state index >= 15 is 0 Å². The van der Waals surface area contributed by atoms with Crippen molar-refractivity contribution in [3.63, 3.8) is 0 Å². The molecule has 0 aromatic heterocycles. The normalized spacial score (nSPS) is 14.9. The van der Waals surface area contributed by atoms with Crippen molar-refractivity contribution in [1.29, 1.82) is 0 Å². The van der Waals surface area contributed by atoms with Crippen LogP contribution in [0.1, 0.15) is 15.9 Å². The first-order valence-corrected chi connectivity index (χ1v) is 6.24. The van der Waals surface area contributed by atoms with Crippen molar-refractivity contribution < 1.29 is 41.7 Å². The van der Waals surface area contributed by atoms with E-state index in [-0.39, 0.29) is 5.56 Å². The summed E-state index contributed by atoms with van der Waals surface area (Å²) >= 11 is 0. The van der Waals surface area contributed by atoms with Gasteiger partial charge in [-0.05, 0) is 18.2 Å². The van der Waals surface area contributed by atoms with Crippen LogP contribution in [0.15, 0.2) is 17.9 Å². The Bertz CT molecular complexity index is 907. The molecule has 0 saturated heterocycles. The van der Waals surface area contributed by atoms with Crippen LogP contribution in [0.5, 0.6) is 17.2 Å². The lowest BCUT2D eigenvalue weighted by Gasteiger charge is -2.05. The first-order chi connectivity index (χ1) is 11.2. The Balaban J connectivity index is 2.16. The Labute approximate surface area is 130 Å². The molecule has 2 N–H and O–H groups in total. The lowest BCUT2D eigenvalue weighted by atomic mass is 10.1. The monoisotopic (exact) mass is 344 g/mol. The molecule has 0 unspecified atom stereocenters. The van der Waals surface area contributed by atoms with Crippen LogP contribution in [-0.4, -0.2) is 16.0 Å². The van der Waals surface area contributed by atoms with Crippen molar-refractivity contribution in [2.24, 2.45) is 0 Å². The first-order valence-electron chi connectivity index (χ1n) is 6.24. The number of phenols is 2. The molecule has 0 atom stereocenters. The van der Waals surface area contributed by atoms with Gasteiger partial charge in [-0.25, -0.2) is 22.0 Å². The fourth-order valence-electron chi connectivity index (χ4n) is 2.11. The molecule has 0 saturated carbocycles. The van der Waals surface area contributed by atoms with Crippen molar-refractivity contribution in [3.8, 4) is 17.2 Å². The Morgan fingerprint density at radius 3 is 2.00 bits per heavy atom. The fourth-order valence-corrected chi connectivity index (χ4v) is 2.11. The molecule has 0 fully saturated rings. The standard InChI is InChI=1S/C15H5F5O4/c16-8-5(9(17)11(19)12(20)10(8)18)3-7-13(22)4-1-2-6(21)14(23)15(4)24-7/h1-3,21,23H/b7-3-. The zero-order valence-electron chi connectivity index (χ0n) is 11.3. The van der Waals surface area contributed by atoms with E-state index in [1.165, 1.54) is 0 Å². The number of hydrogen-bond donors (Lipinski definition) is 2. The number of carbonyl (C=O) groups excluding carboxylic acids is 1. The van der Waals surface area contributed by atoms with E-state index in [4.69, 9.17) is 4.74 Å². The largest absolute Gasteiger partial charge is 0.504 e. The summed E-state index contributed by atoms with van der Waals surface area (Å²) in [5, 5.41) is 18.9. The number of ether oxygens (including phenoxy) is 1. The average Bonchev–Trinajstić information content (AvgIpc) is 2.88. The van der Waals surface area contributed by atoms with Gasteiger partial charge in [0, 0.05) is 0 Å². The molecule has 0 amide bonds. The lowest BCUT2D eigenvalue weighted by molar-refractivity contribution is 0.101. The van der Waals surface area contributed by atoms with Crippen LogP contribution in [0.4, 0.5) is 22.0 Å². The van der Waals surface area contributed by atoms with Gasteiger partial charge in [0.2, 0.25) is 17.3 Å². The van der Waals surface area contributed by atoms with Gasteiger partial charge in [-0.1, -0.05) is 0 Å². The molecule has 1 aliphatic heterocycles. The second-order valence-corrected chi connectivity index (χ2v) is 4.73. The Morgan fingerprint density at radius 2 is 1.42 bits per heavy atom. The summed E-state index contributed by atoms with van der Waals surface area (Å²) in [6.45, 7) is 0. The van der Waals surface area contributed by atoms with Gasteiger partial charge < -0.3 is 14.9 Å². The molecular weight excluding hydrogens is 339 g/mol. The molecular formula is C15H5F5O4. The van der Waals surface area contributed by atoms with Gasteiger partial charge >= 0.3 is 0 Å². The lowest BCUT2D eigenvalue weighted by Crippen LogP contribution is -2.06. The summed E-state index contributed by atoms with van der Waals surface area (Å²) in [5.74, 6) is -14.6. The van der Waals surface area contributed by atoms with Crippen LogP contribution in [0, 0.1) is 29.1 Å². The minimum absolute atomic E-state index is 0.250. The number of ketones is 1. The molecule has 9 heteroatoms. The van der Waals surface area contributed by atoms with Gasteiger partial charge in [0.25, 0.3) is 0 Å². The number of benzene rings is 2. The van der Waals surface area contributed by atoms with Gasteiger partial charge in [-0.3, -0.25) is 4.79 Å². The highest BCUT2D eigenvalue weighted by atomic mass is 19.2. The van der Waals surface area contributed by atoms with Crippen molar-refractivity contribution in [2.45, 2.75) is 0 Å². The highest BCUT2D eigenvalue weighted by Gasteiger charge is 2.33. The molecule has 1 aliphatic rings. The molecule has 0 spiro atoms. The zero-order valence-corrected chi connectivity index (χ0v) is 11.3. The summed E-state index contributed by atoms with van der Waals surface area (Å²) in [6.07, 6.45) is 0.328. The Kier molecular flexibility index (Phi) is 3.43. The van der Waals surface area contributed by atoms with Crippen molar-refractivity contribution >= 4 is 11.9 Å². The van der Waals surface area contributed by atoms with Crippen molar-refractivity contribution in [3.05, 3.63) is 58.1 Å². The molecule has 2 aromatic rings. The van der Waals surface area contributed by atoms with Crippen molar-refractivity contribution in [1.82, 2.24) is 0 Å². The second kappa shape index (κ2) is 5.22. The van der Waals surface area contributed by atoms with E-state index in [0.717, 1.165) is 12.1 Å². The van der Waals surface area contributed by atoms with Crippen LogP contribution in [0.3, 0.4) is 0 Å². The van der Waals surface area contributed by atoms with E-state index in [1.807, 2.05) is 0 Å². The Hall–Kier alpha value is -3.10. The third-order valence-corrected chi connectivity index (χ3v) is 3.31. The highest BCUT2D eigenvalue weighted by Crippen LogP contribution is 2.44. The van der Waals surface area contributed by atoms with Gasteiger partial charge in [0.1, 0.15) is 0 Å². The third kappa shape index (κ3) is 2.08. The SMILES string of the molecule is O=C1/C(=C/c2c(F)c(F)c(F)c(F)c2F)Oc2c1ccc(O)c2O. The maximum Gasteiger partial charge on any atom is 0.232 e. The number of allylic oxidation sites excluding steroid dienone is 1. The molecule has 3 rings (SSSR count). The third-order valence-electron chi connectivity index (χ3n) is 3.31. The minimum atomic E-state index is -2.34. The summed E-state index contributed by atoms with van der Waals surface area (Å²) in [5.41, 5.74) is -1.62. The molecule has 4 nitrogen and oxygen atoms in total. The molecule has 2 aromatic carbocycles. The van der Waals surface area contributed by atoms with Crippen LogP contribution in [-0.2, 0) is 0 Å². The smallest absolute Gasteiger partial charge is 0.232 e. The van der Waals surface area contributed by atoms with E-state index in [0.29, 0.717) is 6.08 Å². The molecule has 0 bridgehead atoms. The summed E-state index contributed by atoms with van der Waals surface area (Å²) < 4.78 is 71.5. The minimum Gasteiger partial charge on any atom is -0.504 e. The summed E-state index contributed by atoms with van der Waals surface area (Å²) in [6, 6.07) is 2.03. The fraction of sp³-hybridized carbons (Fsp3) is 0. The molecule has 1 heterocycles. The Morgan fingerprint density at radius 1 is 0.875 bits per heavy atom. The second-order valence-electron chi connectivity index (χ2n) is 4.73. The summed E-state index contributed by atoms with van der Waals surface area (Å²) in [4.78, 5) is 12.0. The predicted octanol–water partition coefficient (Wildman–Crippen LogP) is 3.41. The number of hydrogen-bond acceptors (Lipinski definition) is 4. The highest BCUT2D eigenvalue weighted by molar-refractivity contribution is 6.15. The summed E-state index contributed by atoms with van der Waals surface area (Å²) in [7, 11) is 0. The van der Waals surface area contributed by atoms with Crippen LogP contribution >= 0.6 is 0 Å². The number of carbonyl (C=O) groups is 1. The topological polar surface area (TPSA) is 66.8 Å². The van der Waals surface area contributed by atoms with Gasteiger partial charge in [0.15, 0.2) is 40.5 Å². The number of fused-ring (bicyclic) bond motifs is 1. The number of phenolic OH excluding ortho intramolecular Hbond substituents is 2. The van der Waals surface area contributed by atoms with E-state index in [2.05, 4.69) is 0 Å². The van der Waals surface area contributed by atoms with Gasteiger partial charge in [0.05, 0.1) is 11.1 Å². The van der Waals surface area contributed by atoms with Gasteiger partial charge in [-0.2, -0.15) is 0 Å². The number of halogens is 5. The maximum absolute atomic E-state index is 13.6. The number of aromatic hydroxyl groups is 2. The first kappa shape index (κ1) is 15.8.